The molecule has 0 spiro atoms. The average molecular weight is 303 g/mol. The maximum absolute atomic E-state index is 12.4. The lowest BCUT2D eigenvalue weighted by atomic mass is 9.88. The van der Waals surface area contributed by atoms with Gasteiger partial charge in [-0.05, 0) is 12.8 Å². The van der Waals surface area contributed by atoms with Crippen LogP contribution in [0.1, 0.15) is 32.1 Å². The highest BCUT2D eigenvalue weighted by molar-refractivity contribution is 6.18. The Morgan fingerprint density at radius 1 is 1.00 bits per heavy atom. The van der Waals surface area contributed by atoms with Crippen molar-refractivity contribution in [3.05, 3.63) is 0 Å². The highest BCUT2D eigenvalue weighted by Gasteiger charge is 2.29. The molecule has 0 bridgehead atoms. The lowest BCUT2D eigenvalue weighted by Crippen LogP contribution is -2.52. The summed E-state index contributed by atoms with van der Waals surface area (Å²) in [5, 5.41) is 0. The van der Waals surface area contributed by atoms with Crippen molar-refractivity contribution >= 4 is 23.6 Å². The molecule has 1 saturated heterocycles. The third-order valence-corrected chi connectivity index (χ3v) is 4.26. The van der Waals surface area contributed by atoms with Crippen LogP contribution in [0.3, 0.4) is 0 Å². The van der Waals surface area contributed by atoms with E-state index in [2.05, 4.69) is 0 Å². The lowest BCUT2D eigenvalue weighted by molar-refractivity contribution is -0.138. The Balaban J connectivity index is 1.75. The molecule has 0 aromatic rings. The van der Waals surface area contributed by atoms with Gasteiger partial charge in [0.05, 0.1) is 5.88 Å². The first-order chi connectivity index (χ1) is 9.72. The molecule has 20 heavy (non-hydrogen) atoms. The van der Waals surface area contributed by atoms with Crippen LogP contribution in [0.2, 0.25) is 0 Å². The maximum Gasteiger partial charge on any atom is 0.409 e. The van der Waals surface area contributed by atoms with Crippen molar-refractivity contribution < 1.29 is 14.3 Å². The van der Waals surface area contributed by atoms with Crippen molar-refractivity contribution in [3.8, 4) is 0 Å². The molecule has 0 aromatic carbocycles. The molecule has 0 radical (unpaired) electrons. The number of piperazine rings is 1. The number of alkyl halides is 1. The average Bonchev–Trinajstić information content (AvgIpc) is 2.53. The molecule has 2 rings (SSSR count). The maximum atomic E-state index is 12.4. The van der Waals surface area contributed by atoms with Gasteiger partial charge in [-0.25, -0.2) is 4.79 Å². The normalized spacial score (nSPS) is 20.9. The van der Waals surface area contributed by atoms with E-state index in [4.69, 9.17) is 16.3 Å². The van der Waals surface area contributed by atoms with Crippen molar-refractivity contribution in [2.75, 3.05) is 38.7 Å². The van der Waals surface area contributed by atoms with Crippen LogP contribution in [-0.4, -0.2) is 60.5 Å². The summed E-state index contributed by atoms with van der Waals surface area (Å²) in [4.78, 5) is 27.6. The molecule has 2 aliphatic rings. The summed E-state index contributed by atoms with van der Waals surface area (Å²) in [5.41, 5.74) is 0. The molecular weight excluding hydrogens is 280 g/mol. The Morgan fingerprint density at radius 2 is 1.60 bits per heavy atom. The van der Waals surface area contributed by atoms with E-state index in [0.717, 1.165) is 12.8 Å². The Labute approximate surface area is 125 Å². The molecule has 1 aliphatic heterocycles. The molecular formula is C14H23ClN2O3. The fourth-order valence-electron chi connectivity index (χ4n) is 2.93. The molecule has 0 N–H and O–H groups in total. The molecule has 1 heterocycles. The van der Waals surface area contributed by atoms with Crippen LogP contribution in [0.15, 0.2) is 0 Å². The van der Waals surface area contributed by atoms with E-state index < -0.39 is 0 Å². The van der Waals surface area contributed by atoms with E-state index in [1.807, 2.05) is 4.90 Å². The third-order valence-electron chi connectivity index (χ3n) is 4.11. The molecule has 0 aromatic heterocycles. The van der Waals surface area contributed by atoms with Crippen LogP contribution in [0.4, 0.5) is 4.79 Å². The van der Waals surface area contributed by atoms with Gasteiger partial charge in [0.15, 0.2) is 0 Å². The first kappa shape index (κ1) is 15.4. The minimum atomic E-state index is -0.324. The number of carbonyl (C=O) groups is 2. The van der Waals surface area contributed by atoms with Crippen LogP contribution in [0, 0.1) is 5.92 Å². The second-order valence-electron chi connectivity index (χ2n) is 5.45. The fourth-order valence-corrected chi connectivity index (χ4v) is 3.01. The number of hydrogen-bond donors (Lipinski definition) is 0. The van der Waals surface area contributed by atoms with E-state index in [1.165, 1.54) is 19.3 Å². The summed E-state index contributed by atoms with van der Waals surface area (Å²) < 4.78 is 4.99. The number of rotatable bonds is 3. The van der Waals surface area contributed by atoms with Gasteiger partial charge >= 0.3 is 6.09 Å². The second-order valence-corrected chi connectivity index (χ2v) is 5.83. The smallest absolute Gasteiger partial charge is 0.409 e. The predicted octanol–water partition coefficient (Wildman–Crippen LogP) is 2.09. The number of amides is 2. The van der Waals surface area contributed by atoms with Crippen LogP contribution < -0.4 is 0 Å². The van der Waals surface area contributed by atoms with Gasteiger partial charge in [0.25, 0.3) is 0 Å². The Morgan fingerprint density at radius 3 is 2.20 bits per heavy atom. The minimum absolute atomic E-state index is 0.207. The molecule has 5 nitrogen and oxygen atoms in total. The van der Waals surface area contributed by atoms with Gasteiger partial charge in [-0.2, -0.15) is 0 Å². The van der Waals surface area contributed by atoms with Crippen molar-refractivity contribution in [3.63, 3.8) is 0 Å². The molecule has 1 aliphatic carbocycles. The predicted molar refractivity (Wildman–Crippen MR) is 76.8 cm³/mol. The van der Waals surface area contributed by atoms with Gasteiger partial charge in [-0.3, -0.25) is 4.79 Å². The molecule has 114 valence electrons. The highest BCUT2D eigenvalue weighted by atomic mass is 35.5. The second kappa shape index (κ2) is 7.72. The zero-order valence-corrected chi connectivity index (χ0v) is 12.6. The van der Waals surface area contributed by atoms with Gasteiger partial charge < -0.3 is 14.5 Å². The van der Waals surface area contributed by atoms with Crippen LogP contribution in [0.5, 0.6) is 0 Å². The first-order valence-corrected chi connectivity index (χ1v) is 8.02. The highest BCUT2D eigenvalue weighted by Crippen LogP contribution is 2.25. The van der Waals surface area contributed by atoms with Gasteiger partial charge in [-0.15, -0.1) is 11.6 Å². The molecule has 0 unspecified atom stereocenters. The quantitative estimate of drug-likeness (QED) is 0.750. The van der Waals surface area contributed by atoms with Crippen molar-refractivity contribution in [2.24, 2.45) is 5.92 Å². The fraction of sp³-hybridized carbons (Fsp3) is 0.857. The number of nitrogens with zero attached hydrogens (tertiary/aromatic N) is 2. The zero-order valence-electron chi connectivity index (χ0n) is 11.9. The van der Waals surface area contributed by atoms with Crippen molar-refractivity contribution in [1.82, 2.24) is 9.80 Å². The zero-order chi connectivity index (χ0) is 14.4. The summed E-state index contributed by atoms with van der Waals surface area (Å²) in [6.45, 7) is 2.58. The number of carbonyl (C=O) groups excluding carboxylic acids is 2. The van der Waals surface area contributed by atoms with Gasteiger partial charge in [0, 0.05) is 32.1 Å². The Hall–Kier alpha value is -0.970. The summed E-state index contributed by atoms with van der Waals surface area (Å²) in [5.74, 6) is 0.795. The van der Waals surface area contributed by atoms with Crippen LogP contribution in [-0.2, 0) is 9.53 Å². The third kappa shape index (κ3) is 4.01. The largest absolute Gasteiger partial charge is 0.448 e. The van der Waals surface area contributed by atoms with E-state index in [1.54, 1.807) is 4.90 Å². The van der Waals surface area contributed by atoms with Crippen LogP contribution >= 0.6 is 11.6 Å². The van der Waals surface area contributed by atoms with Crippen molar-refractivity contribution in [2.45, 2.75) is 32.1 Å². The Bertz CT molecular complexity index is 337. The molecule has 2 fully saturated rings. The van der Waals surface area contributed by atoms with E-state index in [-0.39, 0.29) is 24.5 Å². The molecule has 0 atom stereocenters. The van der Waals surface area contributed by atoms with Gasteiger partial charge in [0.2, 0.25) is 5.91 Å². The lowest BCUT2D eigenvalue weighted by Gasteiger charge is -2.36. The molecule has 6 heteroatoms. The van der Waals surface area contributed by atoms with Gasteiger partial charge in [-0.1, -0.05) is 19.3 Å². The summed E-state index contributed by atoms with van der Waals surface area (Å²) in [7, 11) is 0. The summed E-state index contributed by atoms with van der Waals surface area (Å²) in [6, 6.07) is 0. The SMILES string of the molecule is O=C(OCCCl)N1CCN(C(=O)C2CCCCC2)CC1. The topological polar surface area (TPSA) is 49.9 Å². The van der Waals surface area contributed by atoms with Crippen molar-refractivity contribution in [1.29, 1.82) is 0 Å². The summed E-state index contributed by atoms with van der Waals surface area (Å²) >= 11 is 5.49. The van der Waals surface area contributed by atoms with E-state index in [0.29, 0.717) is 32.1 Å². The van der Waals surface area contributed by atoms with E-state index in [9.17, 15) is 9.59 Å². The minimum Gasteiger partial charge on any atom is -0.448 e. The van der Waals surface area contributed by atoms with Gasteiger partial charge in [0.1, 0.15) is 6.61 Å². The summed E-state index contributed by atoms with van der Waals surface area (Å²) in [6.07, 6.45) is 5.32. The Kier molecular flexibility index (Phi) is 5.95. The molecule has 1 saturated carbocycles. The number of ether oxygens (including phenoxy) is 1. The first-order valence-electron chi connectivity index (χ1n) is 7.49. The standard InChI is InChI=1S/C14H23ClN2O3/c15-6-11-20-14(19)17-9-7-16(8-10-17)13(18)12-4-2-1-3-5-12/h12H,1-11H2. The molecule has 2 amide bonds. The van der Waals surface area contributed by atoms with E-state index >= 15 is 0 Å². The van der Waals surface area contributed by atoms with Crippen LogP contribution in [0.25, 0.3) is 0 Å². The monoisotopic (exact) mass is 302 g/mol. The number of hydrogen-bond acceptors (Lipinski definition) is 3. The number of halogens is 1.